The third-order valence-corrected chi connectivity index (χ3v) is 2.22. The van der Waals surface area contributed by atoms with Crippen molar-refractivity contribution in [1.82, 2.24) is 0 Å². The molecule has 0 saturated heterocycles. The summed E-state index contributed by atoms with van der Waals surface area (Å²) in [5.74, 6) is 0. The van der Waals surface area contributed by atoms with Crippen LogP contribution in [0.4, 0.5) is 0 Å². The van der Waals surface area contributed by atoms with Crippen molar-refractivity contribution in [2.24, 2.45) is 0 Å². The van der Waals surface area contributed by atoms with E-state index < -0.39 is 0 Å². The van der Waals surface area contributed by atoms with Crippen LogP contribution in [0.2, 0.25) is 5.02 Å². The standard InChI is InChI=1S/C7H7ClOS/c8-6-4-7(10-5-6)2-1-3-9/h1-2,4-5,9H,3H2. The van der Waals surface area contributed by atoms with Crippen LogP contribution in [-0.4, -0.2) is 11.7 Å². The van der Waals surface area contributed by atoms with Crippen LogP contribution < -0.4 is 0 Å². The molecule has 1 aromatic rings. The van der Waals surface area contributed by atoms with Gasteiger partial charge in [-0.3, -0.25) is 0 Å². The summed E-state index contributed by atoms with van der Waals surface area (Å²) in [6.45, 7) is 0.0789. The molecule has 0 unspecified atom stereocenters. The quantitative estimate of drug-likeness (QED) is 0.730. The Kier molecular flexibility index (Phi) is 2.93. The minimum Gasteiger partial charge on any atom is -0.392 e. The van der Waals surface area contributed by atoms with Crippen molar-refractivity contribution in [3.8, 4) is 0 Å². The maximum absolute atomic E-state index is 8.42. The Morgan fingerprint density at radius 3 is 3.00 bits per heavy atom. The second kappa shape index (κ2) is 3.76. The Balaban J connectivity index is 2.67. The topological polar surface area (TPSA) is 20.2 Å². The van der Waals surface area contributed by atoms with Gasteiger partial charge in [0.25, 0.3) is 0 Å². The average molecular weight is 175 g/mol. The first-order valence-electron chi connectivity index (χ1n) is 2.84. The van der Waals surface area contributed by atoms with Gasteiger partial charge in [-0.2, -0.15) is 0 Å². The molecule has 0 saturated carbocycles. The molecule has 0 fully saturated rings. The Morgan fingerprint density at radius 2 is 2.50 bits per heavy atom. The monoisotopic (exact) mass is 174 g/mol. The van der Waals surface area contributed by atoms with Gasteiger partial charge in [-0.15, -0.1) is 11.3 Å². The second-order valence-electron chi connectivity index (χ2n) is 1.75. The third-order valence-electron chi connectivity index (χ3n) is 0.975. The highest BCUT2D eigenvalue weighted by Gasteiger charge is 1.90. The summed E-state index contributed by atoms with van der Waals surface area (Å²) < 4.78 is 0. The van der Waals surface area contributed by atoms with Crippen molar-refractivity contribution in [1.29, 1.82) is 0 Å². The van der Waals surface area contributed by atoms with Gasteiger partial charge in [-0.05, 0) is 12.1 Å². The molecule has 0 amide bonds. The highest BCUT2D eigenvalue weighted by molar-refractivity contribution is 7.11. The number of thiophene rings is 1. The van der Waals surface area contributed by atoms with Gasteiger partial charge < -0.3 is 5.11 Å². The fraction of sp³-hybridized carbons (Fsp3) is 0.143. The highest BCUT2D eigenvalue weighted by Crippen LogP contribution is 2.19. The molecule has 1 nitrogen and oxygen atoms in total. The molecule has 1 rings (SSSR count). The maximum Gasteiger partial charge on any atom is 0.0615 e. The van der Waals surface area contributed by atoms with Crippen LogP contribution in [0.25, 0.3) is 6.08 Å². The van der Waals surface area contributed by atoms with E-state index in [9.17, 15) is 0 Å². The molecule has 0 aliphatic rings. The summed E-state index contributed by atoms with van der Waals surface area (Å²) in [5.41, 5.74) is 0. The van der Waals surface area contributed by atoms with E-state index in [2.05, 4.69) is 0 Å². The molecular weight excluding hydrogens is 168 g/mol. The zero-order valence-corrected chi connectivity index (χ0v) is 6.82. The first-order valence-corrected chi connectivity index (χ1v) is 4.10. The van der Waals surface area contributed by atoms with E-state index in [0.717, 1.165) is 9.90 Å². The van der Waals surface area contributed by atoms with Crippen LogP contribution >= 0.6 is 22.9 Å². The number of aliphatic hydroxyl groups is 1. The first-order chi connectivity index (χ1) is 4.83. The van der Waals surface area contributed by atoms with Gasteiger partial charge in [0.2, 0.25) is 0 Å². The van der Waals surface area contributed by atoms with Crippen molar-refractivity contribution in [2.75, 3.05) is 6.61 Å². The number of halogens is 1. The lowest BCUT2D eigenvalue weighted by Gasteiger charge is -1.79. The zero-order chi connectivity index (χ0) is 7.40. The summed E-state index contributed by atoms with van der Waals surface area (Å²) in [6, 6.07) is 1.86. The smallest absolute Gasteiger partial charge is 0.0615 e. The normalized spacial score (nSPS) is 11.0. The fourth-order valence-corrected chi connectivity index (χ4v) is 1.59. The van der Waals surface area contributed by atoms with Crippen molar-refractivity contribution >= 4 is 29.0 Å². The Bertz CT molecular complexity index is 229. The number of hydrogen-bond donors (Lipinski definition) is 1. The molecule has 1 N–H and O–H groups in total. The molecule has 0 aromatic carbocycles. The lowest BCUT2D eigenvalue weighted by Crippen LogP contribution is -1.68. The molecule has 1 heterocycles. The van der Waals surface area contributed by atoms with E-state index in [4.69, 9.17) is 16.7 Å². The van der Waals surface area contributed by atoms with Crippen LogP contribution in [0.1, 0.15) is 4.88 Å². The lowest BCUT2D eigenvalue weighted by atomic mass is 10.4. The SMILES string of the molecule is OCC=Cc1cc(Cl)cs1. The van der Waals surface area contributed by atoms with Crippen LogP contribution in [-0.2, 0) is 0 Å². The summed E-state index contributed by atoms with van der Waals surface area (Å²) in [6.07, 6.45) is 3.53. The first kappa shape index (κ1) is 7.79. The van der Waals surface area contributed by atoms with E-state index in [1.54, 1.807) is 17.4 Å². The van der Waals surface area contributed by atoms with Gasteiger partial charge in [-0.25, -0.2) is 0 Å². The van der Waals surface area contributed by atoms with Crippen molar-refractivity contribution in [2.45, 2.75) is 0 Å². The van der Waals surface area contributed by atoms with E-state index in [1.807, 2.05) is 17.5 Å². The summed E-state index contributed by atoms with van der Waals surface area (Å²) in [5, 5.41) is 11.0. The molecule has 10 heavy (non-hydrogen) atoms. The number of rotatable bonds is 2. The molecule has 54 valence electrons. The Hall–Kier alpha value is -0.310. The van der Waals surface area contributed by atoms with E-state index >= 15 is 0 Å². The molecule has 0 bridgehead atoms. The van der Waals surface area contributed by atoms with E-state index in [1.165, 1.54) is 0 Å². The van der Waals surface area contributed by atoms with Crippen molar-refractivity contribution in [3.63, 3.8) is 0 Å². The summed E-state index contributed by atoms with van der Waals surface area (Å²) >= 11 is 7.21. The lowest BCUT2D eigenvalue weighted by molar-refractivity contribution is 0.343. The molecule has 1 aromatic heterocycles. The van der Waals surface area contributed by atoms with Crippen molar-refractivity contribution in [3.05, 3.63) is 27.4 Å². The minimum atomic E-state index is 0.0789. The molecule has 3 heteroatoms. The molecule has 0 spiro atoms. The van der Waals surface area contributed by atoms with E-state index in [-0.39, 0.29) is 6.61 Å². The van der Waals surface area contributed by atoms with Crippen LogP contribution in [0, 0.1) is 0 Å². The van der Waals surface area contributed by atoms with Gasteiger partial charge in [0.15, 0.2) is 0 Å². The van der Waals surface area contributed by atoms with Crippen LogP contribution in [0.15, 0.2) is 17.5 Å². The third kappa shape index (κ3) is 2.14. The summed E-state index contributed by atoms with van der Waals surface area (Å²) in [7, 11) is 0. The summed E-state index contributed by atoms with van der Waals surface area (Å²) in [4.78, 5) is 1.07. The van der Waals surface area contributed by atoms with Gasteiger partial charge in [-0.1, -0.05) is 17.7 Å². The largest absolute Gasteiger partial charge is 0.392 e. The predicted octanol–water partition coefficient (Wildman–Crippen LogP) is 2.41. The zero-order valence-electron chi connectivity index (χ0n) is 5.25. The Labute approximate surface area is 68.6 Å². The van der Waals surface area contributed by atoms with Crippen molar-refractivity contribution < 1.29 is 5.11 Å². The molecule has 0 atom stereocenters. The predicted molar refractivity (Wildman–Crippen MR) is 45.4 cm³/mol. The average Bonchev–Trinajstić information content (AvgIpc) is 2.31. The number of hydrogen-bond acceptors (Lipinski definition) is 2. The van der Waals surface area contributed by atoms with E-state index in [0.29, 0.717) is 0 Å². The Morgan fingerprint density at radius 1 is 1.70 bits per heavy atom. The maximum atomic E-state index is 8.42. The second-order valence-corrected chi connectivity index (χ2v) is 3.13. The van der Waals surface area contributed by atoms with Gasteiger partial charge in [0.05, 0.1) is 11.6 Å². The number of aliphatic hydroxyl groups excluding tert-OH is 1. The van der Waals surface area contributed by atoms with Crippen LogP contribution in [0.5, 0.6) is 0 Å². The minimum absolute atomic E-state index is 0.0789. The van der Waals surface area contributed by atoms with Gasteiger partial charge >= 0.3 is 0 Å². The molecule has 0 aliphatic heterocycles. The molecular formula is C7H7ClOS. The fourth-order valence-electron chi connectivity index (χ4n) is 0.585. The van der Waals surface area contributed by atoms with Gasteiger partial charge in [0, 0.05) is 10.3 Å². The van der Waals surface area contributed by atoms with Crippen LogP contribution in [0.3, 0.4) is 0 Å². The van der Waals surface area contributed by atoms with Gasteiger partial charge in [0.1, 0.15) is 0 Å². The molecule has 0 aliphatic carbocycles. The highest BCUT2D eigenvalue weighted by atomic mass is 35.5. The molecule has 0 radical (unpaired) electrons.